The molecule has 0 aromatic heterocycles. The summed E-state index contributed by atoms with van der Waals surface area (Å²) in [7, 11) is 1.26. The summed E-state index contributed by atoms with van der Waals surface area (Å²) in [5, 5.41) is 9.23. The Bertz CT molecular complexity index is 394. The molecule has 1 atom stereocenters. The van der Waals surface area contributed by atoms with Gasteiger partial charge in [-0.15, -0.1) is 0 Å². The lowest BCUT2D eigenvalue weighted by atomic mass is 9.83. The lowest BCUT2D eigenvalue weighted by molar-refractivity contribution is -0.149. The van der Waals surface area contributed by atoms with Crippen molar-refractivity contribution in [1.29, 1.82) is 5.26 Å². The number of methoxy groups -OCH3 is 1. The Labute approximate surface area is 100 Å². The van der Waals surface area contributed by atoms with Crippen LogP contribution in [0.15, 0.2) is 11.6 Å². The first-order valence-corrected chi connectivity index (χ1v) is 5.48. The SMILES string of the molecule is CCOC(=O)C1(C#N)CCC/C1=C\C(=O)OC. The van der Waals surface area contributed by atoms with Crippen LogP contribution in [0.1, 0.15) is 26.2 Å². The molecule has 0 aromatic carbocycles. The van der Waals surface area contributed by atoms with Crippen molar-refractivity contribution in [1.82, 2.24) is 0 Å². The highest BCUT2D eigenvalue weighted by molar-refractivity contribution is 5.89. The Morgan fingerprint density at radius 3 is 2.82 bits per heavy atom. The molecule has 0 bridgehead atoms. The average molecular weight is 237 g/mol. The van der Waals surface area contributed by atoms with Crippen LogP contribution in [0, 0.1) is 16.7 Å². The van der Waals surface area contributed by atoms with E-state index in [0.717, 1.165) is 0 Å². The van der Waals surface area contributed by atoms with Gasteiger partial charge in [-0.2, -0.15) is 5.26 Å². The highest BCUT2D eigenvalue weighted by Crippen LogP contribution is 2.43. The Hall–Kier alpha value is -1.83. The summed E-state index contributed by atoms with van der Waals surface area (Å²) in [5.41, 5.74) is -0.810. The number of rotatable bonds is 3. The minimum atomic E-state index is -1.30. The average Bonchev–Trinajstić information content (AvgIpc) is 2.73. The summed E-state index contributed by atoms with van der Waals surface area (Å²) in [6.07, 6.45) is 2.86. The minimum Gasteiger partial charge on any atom is -0.466 e. The third kappa shape index (κ3) is 2.47. The summed E-state index contributed by atoms with van der Waals surface area (Å²) in [6.45, 7) is 1.90. The van der Waals surface area contributed by atoms with Crippen molar-refractivity contribution < 1.29 is 19.1 Å². The molecule has 0 radical (unpaired) electrons. The van der Waals surface area contributed by atoms with Crippen molar-refractivity contribution in [3.8, 4) is 6.07 Å². The zero-order valence-corrected chi connectivity index (χ0v) is 9.99. The normalized spacial score (nSPS) is 25.4. The standard InChI is InChI=1S/C12H15NO4/c1-3-17-11(15)12(8-13)6-4-5-9(12)7-10(14)16-2/h7H,3-6H2,1-2H3/b9-7+. The fraction of sp³-hybridized carbons (Fsp3) is 0.583. The predicted octanol–water partition coefficient (Wildman–Crippen LogP) is 1.34. The van der Waals surface area contributed by atoms with E-state index >= 15 is 0 Å². The molecular weight excluding hydrogens is 222 g/mol. The van der Waals surface area contributed by atoms with Gasteiger partial charge >= 0.3 is 11.9 Å². The molecule has 0 saturated heterocycles. The van der Waals surface area contributed by atoms with Crippen LogP contribution < -0.4 is 0 Å². The second-order valence-corrected chi connectivity index (χ2v) is 3.78. The van der Waals surface area contributed by atoms with Gasteiger partial charge in [0.1, 0.15) is 0 Å². The van der Waals surface area contributed by atoms with Crippen molar-refractivity contribution in [2.24, 2.45) is 5.41 Å². The molecule has 0 amide bonds. The molecule has 0 spiro atoms. The largest absolute Gasteiger partial charge is 0.466 e. The smallest absolute Gasteiger partial charge is 0.330 e. The van der Waals surface area contributed by atoms with Gasteiger partial charge in [0.05, 0.1) is 19.8 Å². The van der Waals surface area contributed by atoms with Crippen molar-refractivity contribution in [3.05, 3.63) is 11.6 Å². The lowest BCUT2D eigenvalue weighted by Crippen LogP contribution is -2.30. The fourth-order valence-electron chi connectivity index (χ4n) is 1.98. The number of hydrogen-bond donors (Lipinski definition) is 0. The Morgan fingerprint density at radius 2 is 2.29 bits per heavy atom. The van der Waals surface area contributed by atoms with E-state index < -0.39 is 17.4 Å². The number of nitrogens with zero attached hydrogens (tertiary/aromatic N) is 1. The molecule has 1 fully saturated rings. The van der Waals surface area contributed by atoms with Gasteiger partial charge in [0.2, 0.25) is 0 Å². The first-order valence-electron chi connectivity index (χ1n) is 5.48. The molecule has 1 rings (SSSR count). The molecule has 17 heavy (non-hydrogen) atoms. The second kappa shape index (κ2) is 5.48. The van der Waals surface area contributed by atoms with Crippen molar-refractivity contribution in [3.63, 3.8) is 0 Å². The summed E-state index contributed by atoms with van der Waals surface area (Å²) < 4.78 is 9.42. The molecule has 5 heteroatoms. The molecule has 1 aliphatic carbocycles. The molecule has 5 nitrogen and oxygen atoms in total. The van der Waals surface area contributed by atoms with Gasteiger partial charge in [-0.25, -0.2) is 9.59 Å². The molecule has 1 aliphatic rings. The number of carbonyl (C=O) groups excluding carboxylic acids is 2. The van der Waals surface area contributed by atoms with Crippen LogP contribution >= 0.6 is 0 Å². The Kier molecular flexibility index (Phi) is 4.27. The zero-order valence-electron chi connectivity index (χ0n) is 9.99. The van der Waals surface area contributed by atoms with Crippen LogP contribution in [0.3, 0.4) is 0 Å². The monoisotopic (exact) mass is 237 g/mol. The molecule has 1 unspecified atom stereocenters. The minimum absolute atomic E-state index is 0.216. The predicted molar refractivity (Wildman–Crippen MR) is 58.6 cm³/mol. The highest BCUT2D eigenvalue weighted by atomic mass is 16.5. The van der Waals surface area contributed by atoms with Crippen LogP contribution in [0.5, 0.6) is 0 Å². The summed E-state index contributed by atoms with van der Waals surface area (Å²) in [6, 6.07) is 1.99. The number of nitriles is 1. The molecule has 92 valence electrons. The van der Waals surface area contributed by atoms with Gasteiger partial charge in [-0.1, -0.05) is 0 Å². The molecule has 0 N–H and O–H groups in total. The third-order valence-electron chi connectivity index (χ3n) is 2.85. The van der Waals surface area contributed by atoms with Crippen LogP contribution in [-0.4, -0.2) is 25.7 Å². The van der Waals surface area contributed by atoms with E-state index in [4.69, 9.17) is 4.74 Å². The maximum atomic E-state index is 11.8. The first-order chi connectivity index (χ1) is 8.10. The Morgan fingerprint density at radius 1 is 1.59 bits per heavy atom. The van der Waals surface area contributed by atoms with E-state index in [-0.39, 0.29) is 6.61 Å². The van der Waals surface area contributed by atoms with Gasteiger partial charge in [0.25, 0.3) is 0 Å². The summed E-state index contributed by atoms with van der Waals surface area (Å²) in [5.74, 6) is -1.12. The van der Waals surface area contributed by atoms with Crippen molar-refractivity contribution >= 4 is 11.9 Å². The zero-order chi connectivity index (χ0) is 12.9. The van der Waals surface area contributed by atoms with E-state index in [1.54, 1.807) is 6.92 Å². The van der Waals surface area contributed by atoms with Crippen LogP contribution in [0.4, 0.5) is 0 Å². The van der Waals surface area contributed by atoms with Gasteiger partial charge in [0.15, 0.2) is 5.41 Å². The molecule has 0 aliphatic heterocycles. The quantitative estimate of drug-likeness (QED) is 0.547. The summed E-state index contributed by atoms with van der Waals surface area (Å²) >= 11 is 0. The van der Waals surface area contributed by atoms with E-state index in [0.29, 0.717) is 24.8 Å². The van der Waals surface area contributed by atoms with Crippen LogP contribution in [0.25, 0.3) is 0 Å². The molecular formula is C12H15NO4. The molecule has 0 heterocycles. The van der Waals surface area contributed by atoms with Crippen molar-refractivity contribution in [2.45, 2.75) is 26.2 Å². The van der Waals surface area contributed by atoms with Gasteiger partial charge < -0.3 is 9.47 Å². The topological polar surface area (TPSA) is 76.4 Å². The Balaban J connectivity index is 3.06. The number of hydrogen-bond acceptors (Lipinski definition) is 5. The van der Waals surface area contributed by atoms with Gasteiger partial charge in [-0.05, 0) is 31.8 Å². The lowest BCUT2D eigenvalue weighted by Gasteiger charge is -2.20. The van der Waals surface area contributed by atoms with E-state index in [9.17, 15) is 14.9 Å². The second-order valence-electron chi connectivity index (χ2n) is 3.78. The van der Waals surface area contributed by atoms with E-state index in [2.05, 4.69) is 4.74 Å². The van der Waals surface area contributed by atoms with Gasteiger partial charge in [-0.3, -0.25) is 0 Å². The summed E-state index contributed by atoms with van der Waals surface area (Å²) in [4.78, 5) is 23.0. The first kappa shape index (κ1) is 13.2. The third-order valence-corrected chi connectivity index (χ3v) is 2.85. The molecule has 0 aromatic rings. The number of ether oxygens (including phenoxy) is 2. The van der Waals surface area contributed by atoms with Gasteiger partial charge in [0, 0.05) is 6.08 Å². The number of carbonyl (C=O) groups is 2. The number of esters is 2. The van der Waals surface area contributed by atoms with Crippen LogP contribution in [0.2, 0.25) is 0 Å². The highest BCUT2D eigenvalue weighted by Gasteiger charge is 2.47. The molecule has 1 saturated carbocycles. The fourth-order valence-corrected chi connectivity index (χ4v) is 1.98. The van der Waals surface area contributed by atoms with E-state index in [1.165, 1.54) is 13.2 Å². The maximum Gasteiger partial charge on any atom is 0.330 e. The van der Waals surface area contributed by atoms with Crippen LogP contribution in [-0.2, 0) is 19.1 Å². The van der Waals surface area contributed by atoms with E-state index in [1.807, 2.05) is 6.07 Å². The van der Waals surface area contributed by atoms with Crippen molar-refractivity contribution in [2.75, 3.05) is 13.7 Å². The maximum absolute atomic E-state index is 11.8.